The van der Waals surface area contributed by atoms with Crippen molar-refractivity contribution in [2.75, 3.05) is 6.54 Å². The first-order valence-electron chi connectivity index (χ1n) is 7.29. The second kappa shape index (κ2) is 4.18. The third-order valence-corrected chi connectivity index (χ3v) is 4.97. The van der Waals surface area contributed by atoms with Crippen LogP contribution in [0.1, 0.15) is 41.2 Å². The van der Waals surface area contributed by atoms with Crippen LogP contribution in [-0.4, -0.2) is 11.7 Å². The molecule has 0 radical (unpaired) electrons. The minimum absolute atomic E-state index is 0.0384. The van der Waals surface area contributed by atoms with Gasteiger partial charge >= 0.3 is 0 Å². The molecule has 2 N–H and O–H groups in total. The van der Waals surface area contributed by atoms with Gasteiger partial charge in [0.1, 0.15) is 0 Å². The van der Waals surface area contributed by atoms with Crippen LogP contribution in [0.25, 0.3) is 0 Å². The summed E-state index contributed by atoms with van der Waals surface area (Å²) in [5, 5.41) is 14.5. The van der Waals surface area contributed by atoms with Crippen molar-refractivity contribution in [1.29, 1.82) is 0 Å². The molecule has 102 valence electrons. The Bertz CT molecular complexity index is 666. The Balaban J connectivity index is 1.97. The topological polar surface area (TPSA) is 32.3 Å². The lowest BCUT2D eigenvalue weighted by Crippen LogP contribution is -2.50. The number of aliphatic hydroxyl groups excluding tert-OH is 1. The van der Waals surface area contributed by atoms with E-state index in [0.29, 0.717) is 0 Å². The molecule has 5 rings (SSSR count). The van der Waals surface area contributed by atoms with Crippen molar-refractivity contribution >= 4 is 0 Å². The molecule has 1 aliphatic carbocycles. The van der Waals surface area contributed by atoms with E-state index in [1.165, 1.54) is 16.7 Å². The predicted octanol–water partition coefficient (Wildman–Crippen LogP) is 2.88. The summed E-state index contributed by atoms with van der Waals surface area (Å²) in [6, 6.07) is 16.9. The first-order chi connectivity index (χ1) is 9.69. The third kappa shape index (κ3) is 1.58. The SMILES string of the molecule is C[C@@]12Cc3ccccc3[C@@H](O)[C@@H](CN1)c1ccccc12. The van der Waals surface area contributed by atoms with Gasteiger partial charge in [-0.15, -0.1) is 0 Å². The second-order valence-corrected chi connectivity index (χ2v) is 6.23. The zero-order chi connectivity index (χ0) is 13.7. The van der Waals surface area contributed by atoms with Crippen LogP contribution in [-0.2, 0) is 12.0 Å². The van der Waals surface area contributed by atoms with Gasteiger partial charge in [-0.2, -0.15) is 0 Å². The highest BCUT2D eigenvalue weighted by Gasteiger charge is 2.41. The summed E-state index contributed by atoms with van der Waals surface area (Å²) < 4.78 is 0. The first kappa shape index (κ1) is 12.1. The summed E-state index contributed by atoms with van der Waals surface area (Å²) in [4.78, 5) is 0. The van der Waals surface area contributed by atoms with E-state index in [-0.39, 0.29) is 11.5 Å². The molecule has 3 atom stereocenters. The number of nitrogens with one attached hydrogen (secondary N) is 1. The molecule has 2 bridgehead atoms. The number of benzene rings is 2. The smallest absolute Gasteiger partial charge is 0.0873 e. The van der Waals surface area contributed by atoms with Crippen LogP contribution in [0.15, 0.2) is 48.5 Å². The first-order valence-corrected chi connectivity index (χ1v) is 7.29. The van der Waals surface area contributed by atoms with E-state index in [2.05, 4.69) is 54.7 Å². The molecule has 0 saturated carbocycles. The fourth-order valence-corrected chi connectivity index (χ4v) is 3.88. The molecule has 0 unspecified atom stereocenters. The lowest BCUT2D eigenvalue weighted by molar-refractivity contribution is 0.120. The quantitative estimate of drug-likeness (QED) is 0.767. The summed E-state index contributed by atoms with van der Waals surface area (Å²) in [7, 11) is 0. The van der Waals surface area contributed by atoms with Gasteiger partial charge in [0.2, 0.25) is 0 Å². The molecule has 2 heterocycles. The number of aliphatic hydroxyl groups is 1. The molecule has 3 aliphatic rings. The van der Waals surface area contributed by atoms with Gasteiger partial charge in [-0.05, 0) is 35.6 Å². The minimum atomic E-state index is -0.426. The van der Waals surface area contributed by atoms with Crippen molar-refractivity contribution in [2.45, 2.75) is 30.9 Å². The van der Waals surface area contributed by atoms with Gasteiger partial charge < -0.3 is 10.4 Å². The summed E-state index contributed by atoms with van der Waals surface area (Å²) in [5.74, 6) is 0.140. The lowest BCUT2D eigenvalue weighted by atomic mass is 9.70. The molecule has 0 spiro atoms. The van der Waals surface area contributed by atoms with Crippen LogP contribution >= 0.6 is 0 Å². The van der Waals surface area contributed by atoms with E-state index in [0.717, 1.165) is 18.5 Å². The highest BCUT2D eigenvalue weighted by Crippen LogP contribution is 2.45. The van der Waals surface area contributed by atoms with E-state index in [1.54, 1.807) is 0 Å². The maximum atomic E-state index is 10.8. The molecule has 2 aromatic rings. The highest BCUT2D eigenvalue weighted by atomic mass is 16.3. The van der Waals surface area contributed by atoms with Gasteiger partial charge in [0.15, 0.2) is 0 Å². The Morgan fingerprint density at radius 3 is 2.60 bits per heavy atom. The number of hydrogen-bond donors (Lipinski definition) is 2. The van der Waals surface area contributed by atoms with Crippen molar-refractivity contribution in [1.82, 2.24) is 5.32 Å². The summed E-state index contributed by atoms with van der Waals surface area (Å²) in [6.45, 7) is 3.11. The molecule has 2 nitrogen and oxygen atoms in total. The maximum absolute atomic E-state index is 10.8. The third-order valence-electron chi connectivity index (χ3n) is 4.97. The van der Waals surface area contributed by atoms with Crippen LogP contribution < -0.4 is 5.32 Å². The fraction of sp³-hybridized carbons (Fsp3) is 0.333. The van der Waals surface area contributed by atoms with Crippen LogP contribution in [0, 0.1) is 0 Å². The second-order valence-electron chi connectivity index (χ2n) is 6.23. The van der Waals surface area contributed by atoms with Gasteiger partial charge in [-0.1, -0.05) is 48.5 Å². The van der Waals surface area contributed by atoms with Crippen molar-refractivity contribution in [2.24, 2.45) is 0 Å². The molecule has 0 saturated heterocycles. The van der Waals surface area contributed by atoms with Crippen molar-refractivity contribution in [3.05, 3.63) is 70.8 Å². The maximum Gasteiger partial charge on any atom is 0.0873 e. The van der Waals surface area contributed by atoms with Crippen molar-refractivity contribution in [3.8, 4) is 0 Å². The fourth-order valence-electron chi connectivity index (χ4n) is 3.88. The van der Waals surface area contributed by atoms with Gasteiger partial charge in [0, 0.05) is 18.0 Å². The van der Waals surface area contributed by atoms with Crippen LogP contribution in [0.4, 0.5) is 0 Å². The normalized spacial score (nSPS) is 31.1. The number of hydrogen-bond acceptors (Lipinski definition) is 2. The molecule has 2 aliphatic heterocycles. The zero-order valence-electron chi connectivity index (χ0n) is 11.6. The van der Waals surface area contributed by atoms with Crippen LogP contribution in [0.3, 0.4) is 0 Å². The minimum Gasteiger partial charge on any atom is -0.388 e. The average molecular weight is 265 g/mol. The Labute approximate surface area is 119 Å². The van der Waals surface area contributed by atoms with Crippen molar-refractivity contribution < 1.29 is 5.11 Å². The van der Waals surface area contributed by atoms with E-state index < -0.39 is 6.10 Å². The Hall–Kier alpha value is -1.64. The predicted molar refractivity (Wildman–Crippen MR) is 79.6 cm³/mol. The van der Waals surface area contributed by atoms with E-state index in [1.807, 2.05) is 6.07 Å². The zero-order valence-corrected chi connectivity index (χ0v) is 11.6. The van der Waals surface area contributed by atoms with Gasteiger partial charge in [0.05, 0.1) is 6.10 Å². The van der Waals surface area contributed by atoms with Crippen LogP contribution in [0.5, 0.6) is 0 Å². The lowest BCUT2D eigenvalue weighted by Gasteiger charge is -2.45. The molecular weight excluding hydrogens is 246 g/mol. The standard InChI is InChI=1S/C18H19NO/c1-18-10-12-6-2-3-7-13(12)17(20)15(11-19-18)14-8-4-5-9-16(14)18/h2-9,15,17,19-20H,10-11H2,1H3/t15-,17+,18-/m0/s1. The number of rotatable bonds is 0. The van der Waals surface area contributed by atoms with E-state index in [9.17, 15) is 5.11 Å². The van der Waals surface area contributed by atoms with Gasteiger partial charge in [-0.3, -0.25) is 0 Å². The Kier molecular flexibility index (Phi) is 2.53. The highest BCUT2D eigenvalue weighted by molar-refractivity contribution is 5.46. The van der Waals surface area contributed by atoms with Gasteiger partial charge in [-0.25, -0.2) is 0 Å². The monoisotopic (exact) mass is 265 g/mol. The molecule has 20 heavy (non-hydrogen) atoms. The Morgan fingerprint density at radius 1 is 1.05 bits per heavy atom. The molecule has 0 fully saturated rings. The summed E-state index contributed by atoms with van der Waals surface area (Å²) >= 11 is 0. The van der Waals surface area contributed by atoms with Crippen LogP contribution in [0.2, 0.25) is 0 Å². The Morgan fingerprint density at radius 2 is 1.75 bits per heavy atom. The molecule has 2 aromatic carbocycles. The molecule has 0 amide bonds. The summed E-state index contributed by atoms with van der Waals surface area (Å²) in [6.07, 6.45) is 0.494. The largest absolute Gasteiger partial charge is 0.388 e. The van der Waals surface area contributed by atoms with E-state index in [4.69, 9.17) is 0 Å². The average Bonchev–Trinajstić information content (AvgIpc) is 2.46. The van der Waals surface area contributed by atoms with Crippen molar-refractivity contribution in [3.63, 3.8) is 0 Å². The molecule has 0 aromatic heterocycles. The number of fused-ring (bicyclic) bond motifs is 1. The van der Waals surface area contributed by atoms with E-state index >= 15 is 0 Å². The molecule has 2 heteroatoms. The summed E-state index contributed by atoms with van der Waals surface area (Å²) in [5.41, 5.74) is 4.96. The van der Waals surface area contributed by atoms with Gasteiger partial charge in [0.25, 0.3) is 0 Å². The molecular formula is C18H19NO.